The van der Waals surface area contributed by atoms with Gasteiger partial charge >= 0.3 is 0 Å². The molecule has 21 heavy (non-hydrogen) atoms. The first-order chi connectivity index (χ1) is 10.2. The van der Waals surface area contributed by atoms with E-state index in [-0.39, 0.29) is 5.91 Å². The van der Waals surface area contributed by atoms with Crippen LogP contribution in [0.5, 0.6) is 0 Å². The minimum Gasteiger partial charge on any atom is -0.340 e. The molecule has 0 aliphatic carbocycles. The number of piperazine rings is 1. The Morgan fingerprint density at radius 1 is 1.29 bits per heavy atom. The van der Waals surface area contributed by atoms with E-state index in [2.05, 4.69) is 48.5 Å². The van der Waals surface area contributed by atoms with Crippen LogP contribution in [0.1, 0.15) is 24.8 Å². The number of carbonyl (C=O) groups is 1. The first-order valence-corrected chi connectivity index (χ1v) is 7.89. The average Bonchev–Trinajstić information content (AvgIpc) is 2.54. The molecule has 1 saturated heterocycles. The lowest BCUT2D eigenvalue weighted by atomic mass is 10.0. The van der Waals surface area contributed by atoms with Crippen molar-refractivity contribution in [1.29, 1.82) is 0 Å². The zero-order chi connectivity index (χ0) is 15.1. The van der Waals surface area contributed by atoms with Gasteiger partial charge in [0.05, 0.1) is 0 Å². The van der Waals surface area contributed by atoms with Crippen LogP contribution in [0.3, 0.4) is 0 Å². The molecule has 0 saturated carbocycles. The van der Waals surface area contributed by atoms with Crippen LogP contribution < -0.4 is 5.32 Å². The first-order valence-electron chi connectivity index (χ1n) is 7.89. The molecule has 1 N–H and O–H groups in total. The molecule has 1 fully saturated rings. The van der Waals surface area contributed by atoms with Crippen molar-refractivity contribution in [2.45, 2.75) is 19.3 Å². The quantitative estimate of drug-likeness (QED) is 0.863. The van der Waals surface area contributed by atoms with E-state index < -0.39 is 0 Å². The second-order valence-electron chi connectivity index (χ2n) is 5.95. The van der Waals surface area contributed by atoms with Crippen molar-refractivity contribution in [3.8, 4) is 0 Å². The molecule has 0 aromatic heterocycles. The number of nitrogens with zero attached hydrogens (tertiary/aromatic N) is 2. The van der Waals surface area contributed by atoms with Gasteiger partial charge in [0, 0.05) is 45.7 Å². The van der Waals surface area contributed by atoms with Gasteiger partial charge in [-0.25, -0.2) is 0 Å². The molecule has 0 spiro atoms. The fraction of sp³-hybridized carbons (Fsp3) is 0.588. The van der Waals surface area contributed by atoms with Gasteiger partial charge in [0.15, 0.2) is 0 Å². The van der Waals surface area contributed by atoms with Crippen molar-refractivity contribution in [3.05, 3.63) is 35.9 Å². The van der Waals surface area contributed by atoms with Crippen molar-refractivity contribution in [2.24, 2.45) is 0 Å². The van der Waals surface area contributed by atoms with Crippen LogP contribution in [0.2, 0.25) is 0 Å². The molecule has 1 heterocycles. The highest BCUT2D eigenvalue weighted by atomic mass is 16.2. The molecule has 1 aromatic carbocycles. The third kappa shape index (κ3) is 5.14. The fourth-order valence-electron chi connectivity index (χ4n) is 2.80. The Hall–Kier alpha value is -1.39. The molecule has 1 aliphatic heterocycles. The van der Waals surface area contributed by atoms with E-state index in [0.717, 1.165) is 39.3 Å². The molecule has 1 aromatic rings. The molecule has 2 rings (SSSR count). The van der Waals surface area contributed by atoms with Gasteiger partial charge in [-0.1, -0.05) is 37.3 Å². The Bertz CT molecular complexity index is 429. The number of likely N-dealkylation sites (N-methyl/N-ethyl adjacent to an activating group) is 1. The number of rotatable bonds is 6. The number of hydrogen-bond acceptors (Lipinski definition) is 3. The van der Waals surface area contributed by atoms with E-state index in [9.17, 15) is 4.79 Å². The summed E-state index contributed by atoms with van der Waals surface area (Å²) in [4.78, 5) is 16.4. The third-order valence-corrected chi connectivity index (χ3v) is 4.13. The highest BCUT2D eigenvalue weighted by Gasteiger charge is 2.17. The van der Waals surface area contributed by atoms with Crippen LogP contribution in [-0.2, 0) is 4.79 Å². The van der Waals surface area contributed by atoms with Crippen molar-refractivity contribution in [1.82, 2.24) is 15.1 Å². The van der Waals surface area contributed by atoms with Gasteiger partial charge in [-0.05, 0) is 18.5 Å². The Kier molecular flexibility index (Phi) is 6.21. The molecule has 0 radical (unpaired) electrons. The summed E-state index contributed by atoms with van der Waals surface area (Å²) in [7, 11) is 2.10. The Balaban J connectivity index is 1.71. The molecule has 4 nitrogen and oxygen atoms in total. The van der Waals surface area contributed by atoms with Crippen LogP contribution in [0.15, 0.2) is 30.3 Å². The molecule has 4 heteroatoms. The summed E-state index contributed by atoms with van der Waals surface area (Å²) in [6, 6.07) is 10.6. The van der Waals surface area contributed by atoms with Crippen LogP contribution >= 0.6 is 0 Å². The second kappa shape index (κ2) is 8.15. The van der Waals surface area contributed by atoms with Gasteiger partial charge in [0.2, 0.25) is 5.91 Å². The van der Waals surface area contributed by atoms with Crippen molar-refractivity contribution in [3.63, 3.8) is 0 Å². The number of hydrogen-bond donors (Lipinski definition) is 1. The largest absolute Gasteiger partial charge is 0.340 e. The lowest BCUT2D eigenvalue weighted by Gasteiger charge is -2.28. The smallest absolute Gasteiger partial charge is 0.223 e. The molecule has 1 amide bonds. The van der Waals surface area contributed by atoms with Crippen LogP contribution in [0.4, 0.5) is 0 Å². The number of carbonyl (C=O) groups excluding carboxylic acids is 1. The van der Waals surface area contributed by atoms with Gasteiger partial charge < -0.3 is 15.1 Å². The highest BCUT2D eigenvalue weighted by Crippen LogP contribution is 2.15. The molecular formula is C17H27N3O. The maximum atomic E-state index is 12.1. The van der Waals surface area contributed by atoms with E-state index in [4.69, 9.17) is 0 Å². The highest BCUT2D eigenvalue weighted by molar-refractivity contribution is 5.76. The monoisotopic (exact) mass is 289 g/mol. The van der Waals surface area contributed by atoms with Crippen molar-refractivity contribution < 1.29 is 4.79 Å². The van der Waals surface area contributed by atoms with Gasteiger partial charge in [-0.15, -0.1) is 0 Å². The lowest BCUT2D eigenvalue weighted by Crippen LogP contribution is -2.47. The van der Waals surface area contributed by atoms with Gasteiger partial charge in [-0.2, -0.15) is 0 Å². The zero-order valence-corrected chi connectivity index (χ0v) is 13.2. The summed E-state index contributed by atoms with van der Waals surface area (Å²) in [6.07, 6.45) is 0.623. The number of nitrogens with one attached hydrogen (secondary N) is 1. The average molecular weight is 289 g/mol. The number of amides is 1. The SMILES string of the molecule is CC(CN(C)CCC(=O)N1CCNCC1)c1ccccc1. The summed E-state index contributed by atoms with van der Waals surface area (Å²) in [5.41, 5.74) is 1.36. The van der Waals surface area contributed by atoms with E-state index in [1.165, 1.54) is 5.56 Å². The molecule has 1 unspecified atom stereocenters. The van der Waals surface area contributed by atoms with Gasteiger partial charge in [0.25, 0.3) is 0 Å². The summed E-state index contributed by atoms with van der Waals surface area (Å²) in [6.45, 7) is 7.61. The Morgan fingerprint density at radius 3 is 2.62 bits per heavy atom. The lowest BCUT2D eigenvalue weighted by molar-refractivity contribution is -0.132. The fourth-order valence-corrected chi connectivity index (χ4v) is 2.80. The van der Waals surface area contributed by atoms with Crippen molar-refractivity contribution in [2.75, 3.05) is 46.3 Å². The summed E-state index contributed by atoms with van der Waals surface area (Å²) in [5.74, 6) is 0.779. The zero-order valence-electron chi connectivity index (χ0n) is 13.2. The van der Waals surface area contributed by atoms with Crippen LogP contribution in [0, 0.1) is 0 Å². The van der Waals surface area contributed by atoms with E-state index in [1.54, 1.807) is 0 Å². The van der Waals surface area contributed by atoms with Crippen LogP contribution in [0.25, 0.3) is 0 Å². The minimum atomic E-state index is 0.288. The van der Waals surface area contributed by atoms with E-state index in [1.807, 2.05) is 11.0 Å². The standard InChI is InChI=1S/C17H27N3O/c1-15(16-6-4-3-5-7-16)14-19(2)11-8-17(21)20-12-9-18-10-13-20/h3-7,15,18H,8-14H2,1-2H3. The maximum Gasteiger partial charge on any atom is 0.223 e. The summed E-state index contributed by atoms with van der Waals surface area (Å²) < 4.78 is 0. The molecule has 1 atom stereocenters. The topological polar surface area (TPSA) is 35.6 Å². The predicted octanol–water partition coefficient (Wildman–Crippen LogP) is 1.54. The minimum absolute atomic E-state index is 0.288. The maximum absolute atomic E-state index is 12.1. The number of benzene rings is 1. The molecule has 116 valence electrons. The van der Waals surface area contributed by atoms with Crippen molar-refractivity contribution >= 4 is 5.91 Å². The summed E-state index contributed by atoms with van der Waals surface area (Å²) in [5, 5.41) is 3.27. The molecule has 1 aliphatic rings. The normalized spacial score (nSPS) is 17.0. The van der Waals surface area contributed by atoms with E-state index in [0.29, 0.717) is 12.3 Å². The third-order valence-electron chi connectivity index (χ3n) is 4.13. The van der Waals surface area contributed by atoms with Crippen LogP contribution in [-0.4, -0.2) is 62.0 Å². The summed E-state index contributed by atoms with van der Waals surface area (Å²) >= 11 is 0. The second-order valence-corrected chi connectivity index (χ2v) is 5.95. The Labute approximate surface area is 128 Å². The van der Waals surface area contributed by atoms with Gasteiger partial charge in [-0.3, -0.25) is 4.79 Å². The molecular weight excluding hydrogens is 262 g/mol. The van der Waals surface area contributed by atoms with E-state index >= 15 is 0 Å². The Morgan fingerprint density at radius 2 is 1.95 bits per heavy atom. The predicted molar refractivity (Wildman–Crippen MR) is 86.4 cm³/mol. The molecule has 0 bridgehead atoms. The first kappa shape index (κ1) is 16.0. The van der Waals surface area contributed by atoms with Gasteiger partial charge in [0.1, 0.15) is 0 Å².